The summed E-state index contributed by atoms with van der Waals surface area (Å²) < 4.78 is 2.68. The molecule has 0 aliphatic heterocycles. The third kappa shape index (κ3) is 2.45. The monoisotopic (exact) mass is 343 g/mol. The van der Waals surface area contributed by atoms with Gasteiger partial charge in [0, 0.05) is 22.6 Å². The summed E-state index contributed by atoms with van der Waals surface area (Å²) >= 11 is 3.47. The molecule has 0 fully saturated rings. The zero-order valence-electron chi connectivity index (χ0n) is 11.7. The van der Waals surface area contributed by atoms with Crippen LogP contribution in [0.25, 0.3) is 10.9 Å². The summed E-state index contributed by atoms with van der Waals surface area (Å²) in [6.07, 6.45) is 0. The first kappa shape index (κ1) is 13.8. The van der Waals surface area contributed by atoms with Crippen molar-refractivity contribution in [1.29, 1.82) is 0 Å². The van der Waals surface area contributed by atoms with Crippen LogP contribution in [0.1, 0.15) is 16.1 Å². The minimum atomic E-state index is -0.201. The second kappa shape index (κ2) is 5.33. The van der Waals surface area contributed by atoms with Crippen LogP contribution in [-0.4, -0.2) is 15.7 Å². The van der Waals surface area contributed by atoms with E-state index in [2.05, 4.69) is 26.3 Å². The Morgan fingerprint density at radius 1 is 1.19 bits per heavy atom. The van der Waals surface area contributed by atoms with E-state index in [1.807, 2.05) is 56.4 Å². The van der Waals surface area contributed by atoms with E-state index in [9.17, 15) is 4.79 Å². The number of carbonyl (C=O) groups is 1. The van der Waals surface area contributed by atoms with Crippen molar-refractivity contribution in [2.75, 3.05) is 5.32 Å². The molecule has 0 saturated carbocycles. The lowest BCUT2D eigenvalue weighted by Gasteiger charge is -2.08. The van der Waals surface area contributed by atoms with Crippen molar-refractivity contribution in [1.82, 2.24) is 9.78 Å². The number of anilines is 1. The normalized spacial score (nSPS) is 10.8. The molecule has 0 radical (unpaired) electrons. The number of para-hydroxylation sites is 1. The maximum atomic E-state index is 12.5. The van der Waals surface area contributed by atoms with Gasteiger partial charge in [-0.3, -0.25) is 9.48 Å². The van der Waals surface area contributed by atoms with Gasteiger partial charge < -0.3 is 5.32 Å². The first-order valence-corrected chi connectivity index (χ1v) is 7.35. The molecule has 1 N–H and O–H groups in total. The van der Waals surface area contributed by atoms with E-state index in [1.165, 1.54) is 0 Å². The summed E-state index contributed by atoms with van der Waals surface area (Å²) in [5, 5.41) is 8.11. The smallest absolute Gasteiger partial charge is 0.276 e. The number of aromatic nitrogens is 2. The first-order chi connectivity index (χ1) is 10.1. The summed E-state index contributed by atoms with van der Waals surface area (Å²) in [5.41, 5.74) is 3.15. The zero-order chi connectivity index (χ0) is 15.0. The van der Waals surface area contributed by atoms with Gasteiger partial charge >= 0.3 is 0 Å². The number of halogens is 1. The number of hydrogen-bond donors (Lipinski definition) is 1. The number of rotatable bonds is 2. The number of amides is 1. The van der Waals surface area contributed by atoms with Gasteiger partial charge in [0.25, 0.3) is 5.91 Å². The number of carbonyl (C=O) groups excluding carboxylic acids is 1. The van der Waals surface area contributed by atoms with Crippen LogP contribution in [0.3, 0.4) is 0 Å². The molecule has 106 valence electrons. The molecule has 0 atom stereocenters. The van der Waals surface area contributed by atoms with Crippen molar-refractivity contribution >= 4 is 38.4 Å². The molecule has 0 saturated heterocycles. The van der Waals surface area contributed by atoms with Gasteiger partial charge in [0.15, 0.2) is 5.69 Å². The summed E-state index contributed by atoms with van der Waals surface area (Å²) in [6.45, 7) is 1.95. The number of hydrogen-bond acceptors (Lipinski definition) is 2. The van der Waals surface area contributed by atoms with Crippen LogP contribution in [0.4, 0.5) is 5.69 Å². The van der Waals surface area contributed by atoms with Gasteiger partial charge in [0.1, 0.15) is 0 Å². The molecule has 4 nitrogen and oxygen atoms in total. The van der Waals surface area contributed by atoms with Gasteiger partial charge in [0.05, 0.1) is 5.52 Å². The summed E-state index contributed by atoms with van der Waals surface area (Å²) in [4.78, 5) is 12.5. The molecule has 0 aliphatic rings. The molecule has 1 heterocycles. The van der Waals surface area contributed by atoms with E-state index in [0.29, 0.717) is 5.69 Å². The van der Waals surface area contributed by atoms with Crippen molar-refractivity contribution in [3.63, 3.8) is 0 Å². The minimum absolute atomic E-state index is 0.201. The quantitative estimate of drug-likeness (QED) is 0.767. The number of nitrogens with zero attached hydrogens (tertiary/aromatic N) is 2. The third-order valence-electron chi connectivity index (χ3n) is 3.49. The minimum Gasteiger partial charge on any atom is -0.320 e. The van der Waals surface area contributed by atoms with E-state index < -0.39 is 0 Å². The fourth-order valence-corrected chi connectivity index (χ4v) is 2.67. The molecular formula is C16H14BrN3O. The van der Waals surface area contributed by atoms with Crippen LogP contribution >= 0.6 is 15.9 Å². The molecule has 3 rings (SSSR count). The summed E-state index contributed by atoms with van der Waals surface area (Å²) in [5.74, 6) is -0.201. The maximum absolute atomic E-state index is 12.5. The third-order valence-corrected chi connectivity index (χ3v) is 4.35. The van der Waals surface area contributed by atoms with Gasteiger partial charge in [-0.25, -0.2) is 0 Å². The highest BCUT2D eigenvalue weighted by atomic mass is 79.9. The lowest BCUT2D eigenvalue weighted by molar-refractivity contribution is 0.102. The Balaban J connectivity index is 2.00. The number of nitrogens with one attached hydrogen (secondary N) is 1. The Kier molecular flexibility index (Phi) is 3.51. The van der Waals surface area contributed by atoms with E-state index in [1.54, 1.807) is 4.68 Å². The molecule has 21 heavy (non-hydrogen) atoms. The van der Waals surface area contributed by atoms with Crippen molar-refractivity contribution in [3.05, 3.63) is 58.2 Å². The topological polar surface area (TPSA) is 46.9 Å². The maximum Gasteiger partial charge on any atom is 0.276 e. The van der Waals surface area contributed by atoms with Crippen molar-refractivity contribution < 1.29 is 4.79 Å². The Bertz CT molecular complexity index is 839. The molecular weight excluding hydrogens is 330 g/mol. The van der Waals surface area contributed by atoms with E-state index in [0.717, 1.165) is 26.6 Å². The second-order valence-electron chi connectivity index (χ2n) is 4.86. The molecule has 1 amide bonds. The van der Waals surface area contributed by atoms with Crippen LogP contribution in [0.2, 0.25) is 0 Å². The highest BCUT2D eigenvalue weighted by molar-refractivity contribution is 9.10. The Morgan fingerprint density at radius 2 is 1.95 bits per heavy atom. The van der Waals surface area contributed by atoms with Gasteiger partial charge in [-0.15, -0.1) is 0 Å². The Hall–Kier alpha value is -2.14. The standard InChI is InChI=1S/C16H14BrN3O/c1-10-12(17)7-5-8-13(10)18-16(21)15-11-6-3-4-9-14(11)20(2)19-15/h3-9H,1-2H3,(H,18,21). The van der Waals surface area contributed by atoms with Crippen LogP contribution in [0, 0.1) is 6.92 Å². The number of fused-ring (bicyclic) bond motifs is 1. The highest BCUT2D eigenvalue weighted by Crippen LogP contribution is 2.25. The van der Waals surface area contributed by atoms with Crippen LogP contribution in [-0.2, 0) is 7.05 Å². The molecule has 0 bridgehead atoms. The summed E-state index contributed by atoms with van der Waals surface area (Å²) in [6, 6.07) is 13.4. The molecule has 0 unspecified atom stereocenters. The number of aryl methyl sites for hydroxylation is 1. The molecule has 0 spiro atoms. The number of benzene rings is 2. The summed E-state index contributed by atoms with van der Waals surface area (Å²) in [7, 11) is 1.84. The molecule has 5 heteroatoms. The highest BCUT2D eigenvalue weighted by Gasteiger charge is 2.16. The van der Waals surface area contributed by atoms with Crippen LogP contribution in [0.5, 0.6) is 0 Å². The molecule has 0 aliphatic carbocycles. The fraction of sp³-hybridized carbons (Fsp3) is 0.125. The van der Waals surface area contributed by atoms with Gasteiger partial charge in [0.2, 0.25) is 0 Å². The Labute approximate surface area is 130 Å². The predicted molar refractivity (Wildman–Crippen MR) is 87.5 cm³/mol. The van der Waals surface area contributed by atoms with E-state index >= 15 is 0 Å². The first-order valence-electron chi connectivity index (χ1n) is 6.56. The second-order valence-corrected chi connectivity index (χ2v) is 5.71. The lowest BCUT2D eigenvalue weighted by Crippen LogP contribution is -2.14. The molecule has 2 aromatic carbocycles. The average molecular weight is 344 g/mol. The average Bonchev–Trinajstić information content (AvgIpc) is 2.82. The lowest BCUT2D eigenvalue weighted by atomic mass is 10.1. The van der Waals surface area contributed by atoms with Gasteiger partial charge in [-0.1, -0.05) is 40.2 Å². The van der Waals surface area contributed by atoms with Gasteiger partial charge in [-0.05, 0) is 30.7 Å². The molecule has 1 aromatic heterocycles. The predicted octanol–water partition coefficient (Wildman–Crippen LogP) is 3.90. The van der Waals surface area contributed by atoms with Crippen LogP contribution in [0.15, 0.2) is 46.9 Å². The largest absolute Gasteiger partial charge is 0.320 e. The van der Waals surface area contributed by atoms with E-state index in [4.69, 9.17) is 0 Å². The van der Waals surface area contributed by atoms with Crippen molar-refractivity contribution in [2.45, 2.75) is 6.92 Å². The zero-order valence-corrected chi connectivity index (χ0v) is 13.3. The van der Waals surface area contributed by atoms with Crippen molar-refractivity contribution in [2.24, 2.45) is 7.05 Å². The van der Waals surface area contributed by atoms with Crippen LogP contribution < -0.4 is 5.32 Å². The van der Waals surface area contributed by atoms with E-state index in [-0.39, 0.29) is 5.91 Å². The van der Waals surface area contributed by atoms with Crippen molar-refractivity contribution in [3.8, 4) is 0 Å². The molecule has 3 aromatic rings. The fourth-order valence-electron chi connectivity index (χ4n) is 2.31. The van der Waals surface area contributed by atoms with Gasteiger partial charge in [-0.2, -0.15) is 5.10 Å². The SMILES string of the molecule is Cc1c(Br)cccc1NC(=O)c1nn(C)c2ccccc12. The Morgan fingerprint density at radius 3 is 2.76 bits per heavy atom.